The van der Waals surface area contributed by atoms with E-state index in [0.717, 1.165) is 11.3 Å². The molecular weight excluding hydrogens is 200 g/mol. The molecule has 0 saturated heterocycles. The number of carbonyl (C=O) groups is 1. The normalized spacial score (nSPS) is 10.4. The molecule has 1 rings (SSSR count). The third-order valence-electron chi connectivity index (χ3n) is 1.42. The first-order valence-electron chi connectivity index (χ1n) is 4.47. The second-order valence-electron chi connectivity index (χ2n) is 3.03. The van der Waals surface area contributed by atoms with Gasteiger partial charge in [-0.15, -0.1) is 11.3 Å². The second-order valence-corrected chi connectivity index (χ2v) is 4.11. The largest absolute Gasteiger partial charge is 0.477 e. The van der Waals surface area contributed by atoms with Crippen molar-refractivity contribution in [2.45, 2.75) is 33.3 Å². The Balaban J connectivity index is 0.000000791. The first-order valence-corrected chi connectivity index (χ1v) is 5.29. The summed E-state index contributed by atoms with van der Waals surface area (Å²) >= 11 is 1.10. The highest BCUT2D eigenvalue weighted by molar-refractivity contribution is 7.14. The second kappa shape index (κ2) is 5.12. The van der Waals surface area contributed by atoms with E-state index < -0.39 is 11.6 Å². The van der Waals surface area contributed by atoms with Crippen molar-refractivity contribution in [3.05, 3.63) is 21.9 Å². The van der Waals surface area contributed by atoms with E-state index in [-0.39, 0.29) is 4.88 Å². The number of thiophene rings is 1. The van der Waals surface area contributed by atoms with Crippen LogP contribution in [0.2, 0.25) is 0 Å². The van der Waals surface area contributed by atoms with Crippen LogP contribution in [0.1, 0.15) is 42.2 Å². The SMILES string of the molecule is CC.CC(C)(O)c1ccc(C(=O)O)s1. The van der Waals surface area contributed by atoms with Gasteiger partial charge in [0.2, 0.25) is 0 Å². The maximum absolute atomic E-state index is 10.5. The van der Waals surface area contributed by atoms with E-state index in [1.807, 2.05) is 13.8 Å². The Morgan fingerprint density at radius 2 is 1.86 bits per heavy atom. The summed E-state index contributed by atoms with van der Waals surface area (Å²) in [5, 5.41) is 18.1. The van der Waals surface area contributed by atoms with Crippen LogP contribution in [0, 0.1) is 0 Å². The van der Waals surface area contributed by atoms with Crippen LogP contribution < -0.4 is 0 Å². The summed E-state index contributed by atoms with van der Waals surface area (Å²) in [4.78, 5) is 11.4. The molecule has 0 spiro atoms. The predicted molar refractivity (Wildman–Crippen MR) is 57.9 cm³/mol. The molecule has 1 aromatic heterocycles. The zero-order chi connectivity index (χ0) is 11.4. The standard InChI is InChI=1S/C8H10O3S.C2H6/c1-8(2,11)6-4-3-5(12-6)7(9)10;1-2/h3-4,11H,1-2H3,(H,9,10);1-2H3. The number of aromatic carboxylic acids is 1. The minimum atomic E-state index is -0.949. The van der Waals surface area contributed by atoms with Gasteiger partial charge in [-0.2, -0.15) is 0 Å². The zero-order valence-electron chi connectivity index (χ0n) is 8.87. The van der Waals surface area contributed by atoms with Crippen LogP contribution in [0.25, 0.3) is 0 Å². The highest BCUT2D eigenvalue weighted by atomic mass is 32.1. The van der Waals surface area contributed by atoms with Gasteiger partial charge in [0.05, 0.1) is 5.60 Å². The Hall–Kier alpha value is -0.870. The Morgan fingerprint density at radius 1 is 1.36 bits per heavy atom. The zero-order valence-corrected chi connectivity index (χ0v) is 9.68. The Labute approximate surface area is 88.0 Å². The van der Waals surface area contributed by atoms with Crippen LogP contribution in [-0.4, -0.2) is 16.2 Å². The summed E-state index contributed by atoms with van der Waals surface area (Å²) in [6.45, 7) is 7.26. The van der Waals surface area contributed by atoms with E-state index in [2.05, 4.69) is 0 Å². The highest BCUT2D eigenvalue weighted by Crippen LogP contribution is 2.27. The molecule has 0 aliphatic rings. The van der Waals surface area contributed by atoms with Gasteiger partial charge in [0.15, 0.2) is 0 Å². The average molecular weight is 216 g/mol. The molecule has 0 amide bonds. The van der Waals surface area contributed by atoms with Gasteiger partial charge >= 0.3 is 5.97 Å². The van der Waals surface area contributed by atoms with Gasteiger partial charge in [-0.25, -0.2) is 4.79 Å². The van der Waals surface area contributed by atoms with E-state index in [4.69, 9.17) is 5.11 Å². The lowest BCUT2D eigenvalue weighted by atomic mass is 10.1. The topological polar surface area (TPSA) is 57.5 Å². The van der Waals surface area contributed by atoms with Crippen molar-refractivity contribution in [1.82, 2.24) is 0 Å². The molecule has 2 N–H and O–H groups in total. The van der Waals surface area contributed by atoms with Gasteiger partial charge in [0.1, 0.15) is 4.88 Å². The van der Waals surface area contributed by atoms with Gasteiger partial charge in [0.25, 0.3) is 0 Å². The Bertz CT molecular complexity index is 297. The van der Waals surface area contributed by atoms with Gasteiger partial charge < -0.3 is 10.2 Å². The average Bonchev–Trinajstić information content (AvgIpc) is 2.54. The first-order chi connectivity index (χ1) is 6.41. The Kier molecular flexibility index (Phi) is 4.80. The number of carboxylic acids is 1. The minimum Gasteiger partial charge on any atom is -0.477 e. The predicted octanol–water partition coefficient (Wildman–Crippen LogP) is 2.70. The van der Waals surface area contributed by atoms with E-state index in [1.54, 1.807) is 19.9 Å². The van der Waals surface area contributed by atoms with Crippen molar-refractivity contribution in [3.8, 4) is 0 Å². The molecule has 0 radical (unpaired) electrons. The fourth-order valence-electron chi connectivity index (χ4n) is 0.782. The summed E-state index contributed by atoms with van der Waals surface area (Å²) in [6.07, 6.45) is 0. The number of aliphatic hydroxyl groups is 1. The fourth-order valence-corrected chi connectivity index (χ4v) is 1.63. The van der Waals surface area contributed by atoms with Crippen molar-refractivity contribution in [2.24, 2.45) is 0 Å². The van der Waals surface area contributed by atoms with Crippen LogP contribution in [0.5, 0.6) is 0 Å². The van der Waals surface area contributed by atoms with Gasteiger partial charge in [0, 0.05) is 4.88 Å². The van der Waals surface area contributed by atoms with Gasteiger partial charge in [-0.3, -0.25) is 0 Å². The summed E-state index contributed by atoms with van der Waals surface area (Å²) in [7, 11) is 0. The van der Waals surface area contributed by atoms with E-state index in [0.29, 0.717) is 4.88 Å². The van der Waals surface area contributed by atoms with E-state index >= 15 is 0 Å². The molecular formula is C10H16O3S. The number of rotatable bonds is 2. The van der Waals surface area contributed by atoms with Crippen LogP contribution >= 0.6 is 11.3 Å². The number of carboxylic acid groups (broad SMARTS) is 1. The molecule has 0 bridgehead atoms. The quantitative estimate of drug-likeness (QED) is 0.799. The van der Waals surface area contributed by atoms with Crippen molar-refractivity contribution in [3.63, 3.8) is 0 Å². The molecule has 0 unspecified atom stereocenters. The van der Waals surface area contributed by atoms with E-state index in [9.17, 15) is 9.90 Å². The van der Waals surface area contributed by atoms with Gasteiger partial charge in [-0.05, 0) is 26.0 Å². The molecule has 80 valence electrons. The van der Waals surface area contributed by atoms with Crippen molar-refractivity contribution < 1.29 is 15.0 Å². The molecule has 0 aliphatic heterocycles. The lowest BCUT2D eigenvalue weighted by Crippen LogP contribution is -2.12. The summed E-state index contributed by atoms with van der Waals surface area (Å²) in [5.41, 5.74) is -0.946. The van der Waals surface area contributed by atoms with E-state index in [1.165, 1.54) is 6.07 Å². The fraction of sp³-hybridized carbons (Fsp3) is 0.500. The molecule has 0 fully saturated rings. The summed E-state index contributed by atoms with van der Waals surface area (Å²) in [6, 6.07) is 3.13. The lowest BCUT2D eigenvalue weighted by molar-refractivity contribution is 0.0702. The summed E-state index contributed by atoms with van der Waals surface area (Å²) < 4.78 is 0. The van der Waals surface area contributed by atoms with Crippen LogP contribution in [0.15, 0.2) is 12.1 Å². The summed E-state index contributed by atoms with van der Waals surface area (Å²) in [5.74, 6) is -0.949. The monoisotopic (exact) mass is 216 g/mol. The van der Waals surface area contributed by atoms with Crippen molar-refractivity contribution in [1.29, 1.82) is 0 Å². The minimum absolute atomic E-state index is 0.257. The maximum atomic E-state index is 10.5. The van der Waals surface area contributed by atoms with Gasteiger partial charge in [-0.1, -0.05) is 13.8 Å². The van der Waals surface area contributed by atoms with Crippen LogP contribution in [0.3, 0.4) is 0 Å². The van der Waals surface area contributed by atoms with Crippen molar-refractivity contribution >= 4 is 17.3 Å². The molecule has 0 aromatic carbocycles. The molecule has 0 saturated carbocycles. The number of hydrogen-bond acceptors (Lipinski definition) is 3. The maximum Gasteiger partial charge on any atom is 0.345 e. The molecule has 14 heavy (non-hydrogen) atoms. The lowest BCUT2D eigenvalue weighted by Gasteiger charge is -2.13. The third-order valence-corrected chi connectivity index (χ3v) is 2.81. The van der Waals surface area contributed by atoms with Crippen LogP contribution in [0.4, 0.5) is 0 Å². The Morgan fingerprint density at radius 3 is 2.07 bits per heavy atom. The smallest absolute Gasteiger partial charge is 0.345 e. The molecule has 0 aliphatic carbocycles. The highest BCUT2D eigenvalue weighted by Gasteiger charge is 2.19. The van der Waals surface area contributed by atoms with Crippen LogP contribution in [-0.2, 0) is 5.60 Å². The molecule has 3 nitrogen and oxygen atoms in total. The molecule has 1 aromatic rings. The molecule has 4 heteroatoms. The molecule has 1 heterocycles. The molecule has 0 atom stereocenters. The first kappa shape index (κ1) is 13.1. The number of hydrogen-bond donors (Lipinski definition) is 2. The third kappa shape index (κ3) is 3.47. The van der Waals surface area contributed by atoms with Crippen molar-refractivity contribution in [2.75, 3.05) is 0 Å².